The van der Waals surface area contributed by atoms with Crippen molar-refractivity contribution >= 4 is 0 Å². The molecule has 0 aromatic heterocycles. The second-order valence-electron chi connectivity index (χ2n) is 0.238. The quantitative estimate of drug-likeness (QED) is 0.355. The van der Waals surface area contributed by atoms with Crippen molar-refractivity contribution < 1.29 is 60.6 Å². The predicted octanol–water partition coefficient (Wildman–Crippen LogP) is -0.355. The molecule has 0 bridgehead atoms. The molecule has 0 fully saturated rings. The third-order valence-corrected chi connectivity index (χ3v) is 0. The van der Waals surface area contributed by atoms with E-state index in [0.29, 0.717) is 0 Å². The van der Waals surface area contributed by atoms with Crippen LogP contribution in [0.3, 0.4) is 0 Å². The van der Waals surface area contributed by atoms with E-state index in [2.05, 4.69) is 0 Å². The van der Waals surface area contributed by atoms with E-state index in [4.69, 9.17) is 15.3 Å². The van der Waals surface area contributed by atoms with E-state index in [-0.39, 0.29) is 50.3 Å². The molecule has 0 aliphatic rings. The first-order valence-corrected chi connectivity index (χ1v) is 0.565. The van der Waals surface area contributed by atoms with Crippen molar-refractivity contribution in [3.05, 3.63) is 10.1 Å². The zero-order valence-corrected chi connectivity index (χ0v) is 5.85. The van der Waals surface area contributed by atoms with Gasteiger partial charge in [-0.25, -0.2) is 0 Å². The van der Waals surface area contributed by atoms with Crippen molar-refractivity contribution in [2.75, 3.05) is 0 Å². The van der Waals surface area contributed by atoms with Crippen molar-refractivity contribution in [1.82, 2.24) is 0 Å². The summed E-state index contributed by atoms with van der Waals surface area (Å²) < 4.78 is 0. The average Bonchev–Trinajstić information content (AvgIpc) is 0.811. The molecule has 7 heteroatoms. The largest absolute Gasteiger partial charge is 0.328 e. The molecule has 0 aliphatic carbocycles. The zero-order valence-electron chi connectivity index (χ0n) is 2.71. The van der Waals surface area contributed by atoms with Crippen LogP contribution in [0.25, 0.3) is 0 Å². The molecule has 0 heterocycles. The maximum Gasteiger partial charge on any atom is 0.291 e. The molecule has 0 unspecified atom stereocenters. The first-order valence-electron chi connectivity index (χ1n) is 0.565. The van der Waals surface area contributed by atoms with Crippen LogP contribution in [0.4, 0.5) is 0 Å². The Morgan fingerprint density at radius 3 is 1.57 bits per heavy atom. The maximum atomic E-state index is 8.36. The van der Waals surface area contributed by atoms with Crippen LogP contribution < -0.4 is 0 Å². The van der Waals surface area contributed by atoms with Gasteiger partial charge in [0.05, 0.1) is 0 Å². The summed E-state index contributed by atoms with van der Waals surface area (Å²) in [5.41, 5.74) is 0. The minimum atomic E-state index is -1.50. The Morgan fingerprint density at radius 1 is 1.57 bits per heavy atom. The molecule has 0 saturated carbocycles. The Kier molecular flexibility index (Phi) is 57.2. The maximum absolute atomic E-state index is 8.36. The summed E-state index contributed by atoms with van der Waals surface area (Å²) in [5.74, 6) is 0. The monoisotopic (exact) mass is 236 g/mol. The molecular weight excluding hydrogens is 235 g/mol. The van der Waals surface area contributed by atoms with Gasteiger partial charge in [-0.2, -0.15) is 0 Å². The number of hydrogen-bond donors (Lipinski definition) is 1. The second kappa shape index (κ2) is 15.9. The van der Waals surface area contributed by atoms with Gasteiger partial charge in [0.15, 0.2) is 0 Å². The van der Waals surface area contributed by atoms with Crippen LogP contribution in [0, 0.1) is 10.1 Å². The van der Waals surface area contributed by atoms with Crippen molar-refractivity contribution in [3.8, 4) is 0 Å². The minimum Gasteiger partial charge on any atom is -0.328 e. The molecule has 0 spiro atoms. The van der Waals surface area contributed by atoms with Crippen LogP contribution in [0.2, 0.25) is 0 Å². The van der Waals surface area contributed by atoms with Crippen molar-refractivity contribution in [2.24, 2.45) is 0 Å². The van der Waals surface area contributed by atoms with Crippen LogP contribution in [0.15, 0.2) is 0 Å². The first-order chi connectivity index (χ1) is 1.73. The van der Waals surface area contributed by atoms with Crippen LogP contribution >= 0.6 is 0 Å². The van der Waals surface area contributed by atoms with Gasteiger partial charge >= 0.3 is 0 Å². The number of nitrogens with zero attached hydrogens (tertiary/aromatic N) is 1. The van der Waals surface area contributed by atoms with E-state index in [9.17, 15) is 0 Å². The van der Waals surface area contributed by atoms with Crippen LogP contribution in [0.5, 0.6) is 0 Å². The van der Waals surface area contributed by atoms with Crippen molar-refractivity contribution in [3.63, 3.8) is 0 Å². The third-order valence-electron chi connectivity index (χ3n) is 0. The van der Waals surface area contributed by atoms with Gasteiger partial charge in [0, 0.05) is 50.3 Å². The van der Waals surface area contributed by atoms with Gasteiger partial charge in [-0.05, 0) is 0 Å². The molecule has 51 valence electrons. The third kappa shape index (κ3) is 289. The summed E-state index contributed by atoms with van der Waals surface area (Å²) in [6, 6.07) is 0. The van der Waals surface area contributed by atoms with Gasteiger partial charge in [0.2, 0.25) is 0 Å². The molecule has 0 saturated heterocycles. The molecule has 0 aliphatic heterocycles. The van der Waals surface area contributed by atoms with Crippen LogP contribution in [0.1, 0.15) is 0 Å². The summed E-state index contributed by atoms with van der Waals surface area (Å²) in [5, 5.41) is 13.6. The Labute approximate surface area is 70.7 Å². The van der Waals surface area contributed by atoms with Gasteiger partial charge in [-0.3, -0.25) is 0 Å². The molecule has 0 rings (SSSR count). The van der Waals surface area contributed by atoms with E-state index >= 15 is 0 Å². The Hall–Kier alpha value is 0.719. The molecule has 1 radical (unpaired) electrons. The molecule has 1 N–H and O–H groups in total. The van der Waals surface area contributed by atoms with E-state index in [1.165, 1.54) is 0 Å². The number of rotatable bonds is 0. The Balaban J connectivity index is -0.0000000150. The van der Waals surface area contributed by atoms with Gasteiger partial charge in [-0.15, -0.1) is 10.1 Å². The van der Waals surface area contributed by atoms with Crippen molar-refractivity contribution in [1.29, 1.82) is 0 Å². The Morgan fingerprint density at radius 2 is 1.57 bits per heavy atom. The van der Waals surface area contributed by atoms with Gasteiger partial charge in [0.1, 0.15) is 0 Å². The predicted molar refractivity (Wildman–Crippen MR) is 8.78 cm³/mol. The van der Waals surface area contributed by atoms with E-state index < -0.39 is 5.09 Å². The fourth-order valence-corrected chi connectivity index (χ4v) is 0. The van der Waals surface area contributed by atoms with Gasteiger partial charge in [0.25, 0.3) is 5.09 Å². The Bertz CT molecular complexity index is 37.9. The standard InChI is InChI=1S/Co.Fe.HNO3.Ni/c;;2-1(3)4;/h;;(H,2,3,4);. The van der Waals surface area contributed by atoms with Gasteiger partial charge in [-0.1, -0.05) is 0 Å². The topological polar surface area (TPSA) is 63.4 Å². The molecule has 0 aromatic rings. The summed E-state index contributed by atoms with van der Waals surface area (Å²) in [6.07, 6.45) is 0. The van der Waals surface area contributed by atoms with Gasteiger partial charge < -0.3 is 5.21 Å². The van der Waals surface area contributed by atoms with E-state index in [0.717, 1.165) is 0 Å². The van der Waals surface area contributed by atoms with E-state index in [1.54, 1.807) is 0 Å². The average molecular weight is 236 g/mol. The fraction of sp³-hybridized carbons (Fsp3) is 0. The second-order valence-corrected chi connectivity index (χ2v) is 0.238. The van der Waals surface area contributed by atoms with E-state index in [1.807, 2.05) is 0 Å². The molecular formula is HCoFeNNiO3. The minimum absolute atomic E-state index is 0. The molecule has 4 nitrogen and oxygen atoms in total. The summed E-state index contributed by atoms with van der Waals surface area (Å²) >= 11 is 0. The van der Waals surface area contributed by atoms with Crippen molar-refractivity contribution in [2.45, 2.75) is 0 Å². The molecule has 0 amide bonds. The molecule has 7 heavy (non-hydrogen) atoms. The zero-order chi connectivity index (χ0) is 3.58. The molecule has 0 atom stereocenters. The fourth-order valence-electron chi connectivity index (χ4n) is 0. The summed E-state index contributed by atoms with van der Waals surface area (Å²) in [4.78, 5) is 8.36. The normalized spacial score (nSPS) is 3.43. The number of hydrogen-bond acceptors (Lipinski definition) is 2. The molecule has 0 aromatic carbocycles. The smallest absolute Gasteiger partial charge is 0.291 e. The summed E-state index contributed by atoms with van der Waals surface area (Å²) in [6.45, 7) is 0. The van der Waals surface area contributed by atoms with Crippen LogP contribution in [-0.2, 0) is 50.3 Å². The SMILES string of the molecule is O=[N+]([O-])O.[Co].[Fe].[Ni]. The first kappa shape index (κ1) is 25.2. The summed E-state index contributed by atoms with van der Waals surface area (Å²) in [7, 11) is 0. The van der Waals surface area contributed by atoms with Crippen LogP contribution in [-0.4, -0.2) is 10.3 Å².